The van der Waals surface area contributed by atoms with Gasteiger partial charge in [0.05, 0.1) is 11.0 Å². The summed E-state index contributed by atoms with van der Waals surface area (Å²) in [5.74, 6) is -0.798. The lowest BCUT2D eigenvalue weighted by Crippen LogP contribution is -2.34. The number of sulfonamides is 1. The molecule has 2 aromatic rings. The molecule has 1 saturated heterocycles. The van der Waals surface area contributed by atoms with Crippen LogP contribution < -0.4 is 5.32 Å². The molecule has 144 valence electrons. The Morgan fingerprint density at radius 1 is 1.19 bits per heavy atom. The maximum Gasteiger partial charge on any atom is 0.255 e. The van der Waals surface area contributed by atoms with E-state index in [1.54, 1.807) is 0 Å². The van der Waals surface area contributed by atoms with Crippen LogP contribution in [0, 0.1) is 5.82 Å². The Balaban J connectivity index is 1.68. The fourth-order valence-corrected chi connectivity index (χ4v) is 4.07. The lowest BCUT2D eigenvalue weighted by molar-refractivity contribution is 0.0979. The third-order valence-corrected chi connectivity index (χ3v) is 6.25. The molecular formula is C19H21FN2O4S. The predicted molar refractivity (Wildman–Crippen MR) is 99.6 cm³/mol. The number of nitrogens with one attached hydrogen (secondary N) is 1. The molecule has 0 aromatic heterocycles. The first-order valence-electron chi connectivity index (χ1n) is 8.61. The highest BCUT2D eigenvalue weighted by Gasteiger charge is 2.26. The van der Waals surface area contributed by atoms with Crippen LogP contribution in [0.2, 0.25) is 0 Å². The Morgan fingerprint density at radius 3 is 2.44 bits per heavy atom. The highest BCUT2D eigenvalue weighted by Crippen LogP contribution is 2.20. The van der Waals surface area contributed by atoms with Gasteiger partial charge in [-0.3, -0.25) is 4.79 Å². The van der Waals surface area contributed by atoms with E-state index in [1.807, 2.05) is 0 Å². The van der Waals surface area contributed by atoms with E-state index in [0.717, 1.165) is 12.8 Å². The molecule has 0 radical (unpaired) electrons. The van der Waals surface area contributed by atoms with E-state index in [-0.39, 0.29) is 11.0 Å². The van der Waals surface area contributed by atoms with Crippen LogP contribution in [-0.4, -0.2) is 44.9 Å². The van der Waals surface area contributed by atoms with E-state index in [0.29, 0.717) is 24.4 Å². The van der Waals surface area contributed by atoms with Crippen LogP contribution in [0.4, 0.5) is 10.1 Å². The van der Waals surface area contributed by atoms with Crippen molar-refractivity contribution in [2.75, 3.05) is 25.5 Å². The Kier molecular flexibility index (Phi) is 5.88. The molecule has 3 rings (SSSR count). The number of carbonyl (C=O) groups excluding carboxylic acids is 1. The molecule has 1 N–H and O–H groups in total. The molecule has 2 aromatic carbocycles. The van der Waals surface area contributed by atoms with E-state index >= 15 is 0 Å². The predicted octanol–water partition coefficient (Wildman–Crippen LogP) is 2.88. The summed E-state index contributed by atoms with van der Waals surface area (Å²) in [4.78, 5) is 12.4. The zero-order valence-electron chi connectivity index (χ0n) is 14.9. The molecule has 1 aliphatic heterocycles. The number of anilines is 1. The van der Waals surface area contributed by atoms with Gasteiger partial charge < -0.3 is 10.1 Å². The van der Waals surface area contributed by atoms with Crippen molar-refractivity contribution in [3.63, 3.8) is 0 Å². The molecular weight excluding hydrogens is 371 g/mol. The highest BCUT2D eigenvalue weighted by atomic mass is 32.2. The zero-order valence-corrected chi connectivity index (χ0v) is 15.7. The monoisotopic (exact) mass is 392 g/mol. The number of amides is 1. The van der Waals surface area contributed by atoms with Crippen LogP contribution in [0.1, 0.15) is 23.2 Å². The molecule has 0 bridgehead atoms. The van der Waals surface area contributed by atoms with E-state index in [9.17, 15) is 17.6 Å². The zero-order chi connectivity index (χ0) is 19.4. The number of rotatable bonds is 6. The average Bonchev–Trinajstić information content (AvgIpc) is 3.16. The number of hydrogen-bond donors (Lipinski definition) is 1. The average molecular weight is 392 g/mol. The van der Waals surface area contributed by atoms with Gasteiger partial charge in [0.15, 0.2) is 0 Å². The standard InChI is InChI=1S/C19H21FN2O4S/c1-22(13-17-3-2-12-26-17)27(24,25)18-10-4-14(5-11-18)19(23)21-16-8-6-15(20)7-9-16/h4-11,17H,2-3,12-13H2,1H3,(H,21,23)/t17-/m0/s1. The summed E-state index contributed by atoms with van der Waals surface area (Å²) in [5.41, 5.74) is 0.759. The second-order valence-electron chi connectivity index (χ2n) is 6.41. The first-order valence-corrected chi connectivity index (χ1v) is 10.1. The fraction of sp³-hybridized carbons (Fsp3) is 0.316. The lowest BCUT2D eigenvalue weighted by Gasteiger charge is -2.20. The molecule has 0 saturated carbocycles. The van der Waals surface area contributed by atoms with Gasteiger partial charge in [0.25, 0.3) is 5.91 Å². The number of hydrogen-bond acceptors (Lipinski definition) is 4. The van der Waals surface area contributed by atoms with Crippen LogP contribution in [-0.2, 0) is 14.8 Å². The van der Waals surface area contributed by atoms with Crippen LogP contribution >= 0.6 is 0 Å². The summed E-state index contributed by atoms with van der Waals surface area (Å²) in [6.07, 6.45) is 1.71. The molecule has 0 unspecified atom stereocenters. The van der Waals surface area contributed by atoms with E-state index in [4.69, 9.17) is 4.74 Å². The number of halogens is 1. The lowest BCUT2D eigenvalue weighted by atomic mass is 10.2. The third kappa shape index (κ3) is 4.71. The van der Waals surface area contributed by atoms with Gasteiger partial charge in [0.1, 0.15) is 5.82 Å². The molecule has 1 atom stereocenters. The summed E-state index contributed by atoms with van der Waals surface area (Å²) < 4.78 is 45.0. The SMILES string of the molecule is CN(C[C@@H]1CCCO1)S(=O)(=O)c1ccc(C(=O)Nc2ccc(F)cc2)cc1. The summed E-state index contributed by atoms with van der Waals surface area (Å²) in [6, 6.07) is 11.1. The van der Waals surface area contributed by atoms with E-state index < -0.39 is 21.7 Å². The fourth-order valence-electron chi connectivity index (χ4n) is 2.87. The van der Waals surface area contributed by atoms with Gasteiger partial charge in [0.2, 0.25) is 10.0 Å². The third-order valence-electron chi connectivity index (χ3n) is 4.41. The summed E-state index contributed by atoms with van der Waals surface area (Å²) >= 11 is 0. The summed E-state index contributed by atoms with van der Waals surface area (Å²) in [5, 5.41) is 2.63. The van der Waals surface area contributed by atoms with Gasteiger partial charge in [0, 0.05) is 31.5 Å². The van der Waals surface area contributed by atoms with Gasteiger partial charge >= 0.3 is 0 Å². The normalized spacial score (nSPS) is 17.2. The van der Waals surface area contributed by atoms with E-state index in [1.165, 1.54) is 59.9 Å². The minimum atomic E-state index is -3.65. The molecule has 1 fully saturated rings. The van der Waals surface area contributed by atoms with Crippen molar-refractivity contribution in [1.29, 1.82) is 0 Å². The van der Waals surface area contributed by atoms with Crippen molar-refractivity contribution in [3.05, 3.63) is 59.9 Å². The van der Waals surface area contributed by atoms with Crippen LogP contribution in [0.5, 0.6) is 0 Å². The number of nitrogens with zero attached hydrogens (tertiary/aromatic N) is 1. The highest BCUT2D eigenvalue weighted by molar-refractivity contribution is 7.89. The summed E-state index contributed by atoms with van der Waals surface area (Å²) in [6.45, 7) is 0.964. The number of ether oxygens (including phenoxy) is 1. The van der Waals surface area contributed by atoms with Crippen molar-refractivity contribution >= 4 is 21.6 Å². The Hall–Kier alpha value is -2.29. The molecule has 1 amide bonds. The largest absolute Gasteiger partial charge is 0.377 e. The van der Waals surface area contributed by atoms with Crippen LogP contribution in [0.15, 0.2) is 53.4 Å². The first kappa shape index (κ1) is 19.5. The minimum Gasteiger partial charge on any atom is -0.377 e. The van der Waals surface area contributed by atoms with Gasteiger partial charge in [-0.1, -0.05) is 0 Å². The van der Waals surface area contributed by atoms with Gasteiger partial charge in [-0.25, -0.2) is 12.8 Å². The quantitative estimate of drug-likeness (QED) is 0.820. The first-order chi connectivity index (χ1) is 12.9. The Morgan fingerprint density at radius 2 is 1.85 bits per heavy atom. The second-order valence-corrected chi connectivity index (χ2v) is 8.45. The Bertz CT molecular complexity index is 892. The van der Waals surface area contributed by atoms with Crippen molar-refractivity contribution < 1.29 is 22.3 Å². The summed E-state index contributed by atoms with van der Waals surface area (Å²) in [7, 11) is -2.13. The number of likely N-dealkylation sites (N-methyl/N-ethyl adjacent to an activating group) is 1. The van der Waals surface area contributed by atoms with Crippen molar-refractivity contribution in [2.24, 2.45) is 0 Å². The maximum atomic E-state index is 12.9. The van der Waals surface area contributed by atoms with Crippen molar-refractivity contribution in [3.8, 4) is 0 Å². The number of carbonyl (C=O) groups is 1. The topological polar surface area (TPSA) is 75.7 Å². The van der Waals surface area contributed by atoms with Gasteiger partial charge in [-0.15, -0.1) is 0 Å². The molecule has 0 spiro atoms. The van der Waals surface area contributed by atoms with Crippen molar-refractivity contribution in [1.82, 2.24) is 4.31 Å². The van der Waals surface area contributed by atoms with Gasteiger partial charge in [-0.05, 0) is 61.4 Å². The maximum absolute atomic E-state index is 12.9. The van der Waals surface area contributed by atoms with Crippen LogP contribution in [0.25, 0.3) is 0 Å². The smallest absolute Gasteiger partial charge is 0.255 e. The molecule has 1 aliphatic rings. The second kappa shape index (κ2) is 8.16. The minimum absolute atomic E-state index is 0.0782. The van der Waals surface area contributed by atoms with Crippen molar-refractivity contribution in [2.45, 2.75) is 23.8 Å². The van der Waals surface area contributed by atoms with Crippen LogP contribution in [0.3, 0.4) is 0 Å². The van der Waals surface area contributed by atoms with E-state index in [2.05, 4.69) is 5.32 Å². The molecule has 1 heterocycles. The van der Waals surface area contributed by atoms with Gasteiger partial charge in [-0.2, -0.15) is 4.31 Å². The number of benzene rings is 2. The molecule has 27 heavy (non-hydrogen) atoms. The molecule has 6 nitrogen and oxygen atoms in total. The molecule has 8 heteroatoms. The molecule has 0 aliphatic carbocycles. The Labute approximate surface area is 158 Å².